The SMILES string of the molecule is CNc1ccccc1C(=O)NCCCC1CC1. The molecule has 1 fully saturated rings. The third kappa shape index (κ3) is 3.48. The van der Waals surface area contributed by atoms with Crippen molar-refractivity contribution in [3.05, 3.63) is 29.8 Å². The Morgan fingerprint density at radius 1 is 1.35 bits per heavy atom. The number of benzene rings is 1. The summed E-state index contributed by atoms with van der Waals surface area (Å²) in [5.41, 5.74) is 1.61. The minimum atomic E-state index is 0.0192. The van der Waals surface area contributed by atoms with Gasteiger partial charge in [-0.25, -0.2) is 0 Å². The maximum Gasteiger partial charge on any atom is 0.253 e. The molecule has 1 amide bonds. The lowest BCUT2D eigenvalue weighted by atomic mass is 10.1. The van der Waals surface area contributed by atoms with Gasteiger partial charge in [-0.1, -0.05) is 25.0 Å². The second-order valence-electron chi connectivity index (χ2n) is 4.64. The fraction of sp³-hybridized carbons (Fsp3) is 0.500. The van der Waals surface area contributed by atoms with Crippen LogP contribution in [0.4, 0.5) is 5.69 Å². The normalized spacial score (nSPS) is 14.4. The first-order valence-electron chi connectivity index (χ1n) is 6.36. The molecule has 1 saturated carbocycles. The number of para-hydroxylation sites is 1. The smallest absolute Gasteiger partial charge is 0.253 e. The monoisotopic (exact) mass is 232 g/mol. The van der Waals surface area contributed by atoms with Crippen LogP contribution in [0.3, 0.4) is 0 Å². The van der Waals surface area contributed by atoms with Gasteiger partial charge in [-0.05, 0) is 30.9 Å². The van der Waals surface area contributed by atoms with Crippen molar-refractivity contribution >= 4 is 11.6 Å². The lowest BCUT2D eigenvalue weighted by molar-refractivity contribution is 0.0953. The van der Waals surface area contributed by atoms with E-state index in [1.807, 2.05) is 31.3 Å². The molecule has 1 aliphatic rings. The largest absolute Gasteiger partial charge is 0.387 e. The number of nitrogens with one attached hydrogen (secondary N) is 2. The fourth-order valence-corrected chi connectivity index (χ4v) is 1.99. The van der Waals surface area contributed by atoms with Gasteiger partial charge in [0.25, 0.3) is 5.91 Å². The molecule has 2 N–H and O–H groups in total. The predicted octanol–water partition coefficient (Wildman–Crippen LogP) is 2.65. The second-order valence-corrected chi connectivity index (χ2v) is 4.64. The number of anilines is 1. The van der Waals surface area contributed by atoms with Crippen molar-refractivity contribution < 1.29 is 4.79 Å². The van der Waals surface area contributed by atoms with Crippen LogP contribution in [-0.4, -0.2) is 19.5 Å². The highest BCUT2D eigenvalue weighted by Crippen LogP contribution is 2.33. The quantitative estimate of drug-likeness (QED) is 0.740. The summed E-state index contributed by atoms with van der Waals surface area (Å²) in [6.07, 6.45) is 5.12. The zero-order chi connectivity index (χ0) is 12.1. The summed E-state index contributed by atoms with van der Waals surface area (Å²) in [5.74, 6) is 0.960. The van der Waals surface area contributed by atoms with Crippen molar-refractivity contribution in [3.8, 4) is 0 Å². The molecule has 0 heterocycles. The molecule has 2 rings (SSSR count). The van der Waals surface area contributed by atoms with E-state index in [0.29, 0.717) is 0 Å². The summed E-state index contributed by atoms with van der Waals surface area (Å²) in [4.78, 5) is 11.9. The Morgan fingerprint density at radius 3 is 2.82 bits per heavy atom. The van der Waals surface area contributed by atoms with Crippen LogP contribution < -0.4 is 10.6 Å². The van der Waals surface area contributed by atoms with Crippen LogP contribution >= 0.6 is 0 Å². The standard InChI is InChI=1S/C14H20N2O/c1-15-13-7-3-2-6-12(13)14(17)16-10-4-5-11-8-9-11/h2-3,6-7,11,15H,4-5,8-10H2,1H3,(H,16,17). The minimum Gasteiger partial charge on any atom is -0.387 e. The van der Waals surface area contributed by atoms with E-state index in [1.54, 1.807) is 0 Å². The van der Waals surface area contributed by atoms with Crippen LogP contribution in [0.1, 0.15) is 36.0 Å². The molecule has 1 aromatic rings. The minimum absolute atomic E-state index is 0.0192. The zero-order valence-corrected chi connectivity index (χ0v) is 10.3. The van der Waals surface area contributed by atoms with Gasteiger partial charge < -0.3 is 10.6 Å². The van der Waals surface area contributed by atoms with Crippen molar-refractivity contribution in [2.75, 3.05) is 18.9 Å². The number of amides is 1. The molecule has 1 aliphatic carbocycles. The van der Waals surface area contributed by atoms with Crippen molar-refractivity contribution in [3.63, 3.8) is 0 Å². The van der Waals surface area contributed by atoms with Gasteiger partial charge in [0.2, 0.25) is 0 Å². The number of carbonyl (C=O) groups is 1. The average Bonchev–Trinajstić information content (AvgIpc) is 3.18. The molecule has 0 radical (unpaired) electrons. The highest BCUT2D eigenvalue weighted by molar-refractivity contribution is 5.99. The third-order valence-electron chi connectivity index (χ3n) is 3.21. The van der Waals surface area contributed by atoms with Gasteiger partial charge in [-0.2, -0.15) is 0 Å². The zero-order valence-electron chi connectivity index (χ0n) is 10.3. The Labute approximate surface area is 103 Å². The van der Waals surface area contributed by atoms with Gasteiger partial charge in [0.05, 0.1) is 5.56 Å². The van der Waals surface area contributed by atoms with Crippen LogP contribution in [0.5, 0.6) is 0 Å². The first-order chi connectivity index (χ1) is 8.31. The molecule has 0 spiro atoms. The molecule has 0 aliphatic heterocycles. The van der Waals surface area contributed by atoms with E-state index in [-0.39, 0.29) is 5.91 Å². The van der Waals surface area contributed by atoms with E-state index in [1.165, 1.54) is 19.3 Å². The van der Waals surface area contributed by atoms with Gasteiger partial charge in [-0.3, -0.25) is 4.79 Å². The van der Waals surface area contributed by atoms with Gasteiger partial charge in [-0.15, -0.1) is 0 Å². The Hall–Kier alpha value is -1.51. The Kier molecular flexibility index (Phi) is 4.02. The molecule has 0 unspecified atom stereocenters. The number of rotatable bonds is 6. The number of hydrogen-bond donors (Lipinski definition) is 2. The van der Waals surface area contributed by atoms with E-state index in [0.717, 1.165) is 30.1 Å². The van der Waals surface area contributed by atoms with Crippen LogP contribution in [-0.2, 0) is 0 Å². The summed E-state index contributed by atoms with van der Waals surface area (Å²) < 4.78 is 0. The number of carbonyl (C=O) groups excluding carboxylic acids is 1. The Morgan fingerprint density at radius 2 is 2.12 bits per heavy atom. The Balaban J connectivity index is 1.80. The Bertz CT molecular complexity index is 386. The molecule has 0 saturated heterocycles. The molecular weight excluding hydrogens is 212 g/mol. The fourth-order valence-electron chi connectivity index (χ4n) is 1.99. The van der Waals surface area contributed by atoms with E-state index in [2.05, 4.69) is 10.6 Å². The maximum absolute atomic E-state index is 11.9. The molecule has 0 bridgehead atoms. The van der Waals surface area contributed by atoms with Crippen molar-refractivity contribution in [2.45, 2.75) is 25.7 Å². The van der Waals surface area contributed by atoms with Crippen molar-refractivity contribution in [2.24, 2.45) is 5.92 Å². The molecule has 92 valence electrons. The van der Waals surface area contributed by atoms with Crippen molar-refractivity contribution in [1.29, 1.82) is 0 Å². The molecule has 3 heteroatoms. The summed E-state index contributed by atoms with van der Waals surface area (Å²) in [7, 11) is 1.83. The van der Waals surface area contributed by atoms with Crippen LogP contribution in [0.25, 0.3) is 0 Å². The predicted molar refractivity (Wildman–Crippen MR) is 70.3 cm³/mol. The van der Waals surface area contributed by atoms with Crippen LogP contribution in [0.2, 0.25) is 0 Å². The highest BCUT2D eigenvalue weighted by atomic mass is 16.1. The summed E-state index contributed by atoms with van der Waals surface area (Å²) >= 11 is 0. The number of hydrogen-bond acceptors (Lipinski definition) is 2. The third-order valence-corrected chi connectivity index (χ3v) is 3.21. The highest BCUT2D eigenvalue weighted by Gasteiger charge is 2.20. The van der Waals surface area contributed by atoms with E-state index in [9.17, 15) is 4.79 Å². The summed E-state index contributed by atoms with van der Waals surface area (Å²) in [6, 6.07) is 7.58. The summed E-state index contributed by atoms with van der Waals surface area (Å²) in [5, 5.41) is 6.01. The average molecular weight is 232 g/mol. The molecule has 17 heavy (non-hydrogen) atoms. The molecule has 0 atom stereocenters. The van der Waals surface area contributed by atoms with Gasteiger partial charge >= 0.3 is 0 Å². The van der Waals surface area contributed by atoms with Gasteiger partial charge in [0.1, 0.15) is 0 Å². The van der Waals surface area contributed by atoms with Crippen LogP contribution in [0, 0.1) is 5.92 Å². The van der Waals surface area contributed by atoms with E-state index in [4.69, 9.17) is 0 Å². The second kappa shape index (κ2) is 5.71. The van der Waals surface area contributed by atoms with Gasteiger partial charge in [0.15, 0.2) is 0 Å². The lowest BCUT2D eigenvalue weighted by Crippen LogP contribution is -2.25. The van der Waals surface area contributed by atoms with Gasteiger partial charge in [0, 0.05) is 19.3 Å². The van der Waals surface area contributed by atoms with Crippen LogP contribution in [0.15, 0.2) is 24.3 Å². The van der Waals surface area contributed by atoms with Crippen molar-refractivity contribution in [1.82, 2.24) is 5.32 Å². The van der Waals surface area contributed by atoms with E-state index >= 15 is 0 Å². The summed E-state index contributed by atoms with van der Waals surface area (Å²) in [6.45, 7) is 0.785. The molecule has 0 aromatic heterocycles. The first-order valence-corrected chi connectivity index (χ1v) is 6.36. The van der Waals surface area contributed by atoms with E-state index < -0.39 is 0 Å². The lowest BCUT2D eigenvalue weighted by Gasteiger charge is -2.09. The first kappa shape index (κ1) is 12.0. The molecule has 1 aromatic carbocycles. The maximum atomic E-state index is 11.9. The topological polar surface area (TPSA) is 41.1 Å². The molecular formula is C14H20N2O. The molecule has 3 nitrogen and oxygen atoms in total.